The topological polar surface area (TPSA) is 58.6 Å². The molecule has 0 saturated heterocycles. The van der Waals surface area contributed by atoms with E-state index in [-0.39, 0.29) is 0 Å². The van der Waals surface area contributed by atoms with Gasteiger partial charge >= 0.3 is 5.97 Å². The second-order valence-corrected chi connectivity index (χ2v) is 5.35. The number of likely N-dealkylation sites (N-methyl/N-ethyl adjacent to an activating group) is 1. The molecule has 1 atom stereocenters. The Hall–Kier alpha value is -2.07. The van der Waals surface area contributed by atoms with Gasteiger partial charge in [0.05, 0.1) is 6.61 Å². The zero-order chi connectivity index (χ0) is 15.3. The van der Waals surface area contributed by atoms with E-state index in [0.29, 0.717) is 19.4 Å². The molecule has 0 aliphatic rings. The molecule has 0 aliphatic carbocycles. The highest BCUT2D eigenvalue weighted by Crippen LogP contribution is 2.21. The van der Waals surface area contributed by atoms with Crippen molar-refractivity contribution >= 4 is 16.7 Å². The summed E-state index contributed by atoms with van der Waals surface area (Å²) < 4.78 is 5.71. The molecule has 4 heteroatoms. The van der Waals surface area contributed by atoms with Crippen molar-refractivity contribution in [2.45, 2.75) is 25.3 Å². The van der Waals surface area contributed by atoms with Gasteiger partial charge in [0.25, 0.3) is 0 Å². The number of fused-ring (bicyclic) bond motifs is 1. The number of aliphatic carboxylic acids is 1. The van der Waals surface area contributed by atoms with Gasteiger partial charge in [-0.1, -0.05) is 30.3 Å². The molecule has 0 amide bonds. The fraction of sp³-hybridized carbons (Fsp3) is 0.353. The molecule has 2 aromatic rings. The lowest BCUT2D eigenvalue weighted by Crippen LogP contribution is -2.47. The minimum absolute atomic E-state index is 0.503. The van der Waals surface area contributed by atoms with E-state index >= 15 is 0 Å². The molecule has 0 aromatic heterocycles. The Morgan fingerprint density at radius 3 is 2.62 bits per heavy atom. The summed E-state index contributed by atoms with van der Waals surface area (Å²) >= 11 is 0. The smallest absolute Gasteiger partial charge is 0.323 e. The highest BCUT2D eigenvalue weighted by Gasteiger charge is 2.30. The van der Waals surface area contributed by atoms with Crippen molar-refractivity contribution in [2.24, 2.45) is 0 Å². The standard InChI is InChI=1S/C17H21NO3/c1-17(18-2,16(19)20)10-5-11-21-15-9-8-13-6-3-4-7-14(13)12-15/h3-4,6-9,12,18H,5,10-11H2,1-2H3,(H,19,20). The molecule has 0 bridgehead atoms. The molecule has 2 aromatic carbocycles. The fourth-order valence-corrected chi connectivity index (χ4v) is 2.21. The summed E-state index contributed by atoms with van der Waals surface area (Å²) in [5.41, 5.74) is -0.896. The number of carboxylic acids is 1. The lowest BCUT2D eigenvalue weighted by Gasteiger charge is -2.23. The average Bonchev–Trinajstić information content (AvgIpc) is 2.51. The Labute approximate surface area is 124 Å². The molecule has 2 rings (SSSR count). The van der Waals surface area contributed by atoms with Crippen LogP contribution in [0.15, 0.2) is 42.5 Å². The van der Waals surface area contributed by atoms with Gasteiger partial charge < -0.3 is 15.2 Å². The average molecular weight is 287 g/mol. The molecule has 0 fully saturated rings. The monoisotopic (exact) mass is 287 g/mol. The molecular weight excluding hydrogens is 266 g/mol. The van der Waals surface area contributed by atoms with Gasteiger partial charge in [0.2, 0.25) is 0 Å². The molecule has 0 saturated carbocycles. The molecular formula is C17H21NO3. The maximum absolute atomic E-state index is 11.2. The minimum Gasteiger partial charge on any atom is -0.494 e. The second kappa shape index (κ2) is 6.59. The zero-order valence-electron chi connectivity index (χ0n) is 12.4. The number of hydrogen-bond donors (Lipinski definition) is 2. The number of ether oxygens (including phenoxy) is 1. The molecule has 21 heavy (non-hydrogen) atoms. The van der Waals surface area contributed by atoms with Crippen LogP contribution in [0.25, 0.3) is 10.8 Å². The third kappa shape index (κ3) is 3.73. The van der Waals surface area contributed by atoms with Gasteiger partial charge in [0, 0.05) is 0 Å². The lowest BCUT2D eigenvalue weighted by atomic mass is 9.96. The van der Waals surface area contributed by atoms with E-state index in [0.717, 1.165) is 11.1 Å². The lowest BCUT2D eigenvalue weighted by molar-refractivity contribution is -0.144. The second-order valence-electron chi connectivity index (χ2n) is 5.35. The van der Waals surface area contributed by atoms with E-state index in [1.165, 1.54) is 5.39 Å². The van der Waals surface area contributed by atoms with Crippen molar-refractivity contribution in [3.63, 3.8) is 0 Å². The van der Waals surface area contributed by atoms with Crippen LogP contribution in [-0.2, 0) is 4.79 Å². The van der Waals surface area contributed by atoms with Crippen LogP contribution in [0.2, 0.25) is 0 Å². The maximum Gasteiger partial charge on any atom is 0.323 e. The van der Waals surface area contributed by atoms with Crippen molar-refractivity contribution in [2.75, 3.05) is 13.7 Å². The molecule has 0 heterocycles. The third-order valence-electron chi connectivity index (χ3n) is 3.83. The van der Waals surface area contributed by atoms with Crippen molar-refractivity contribution in [3.8, 4) is 5.75 Å². The zero-order valence-corrected chi connectivity index (χ0v) is 12.4. The number of nitrogens with one attached hydrogen (secondary N) is 1. The van der Waals surface area contributed by atoms with Crippen LogP contribution in [0.4, 0.5) is 0 Å². The van der Waals surface area contributed by atoms with Gasteiger partial charge in [-0.15, -0.1) is 0 Å². The van der Waals surface area contributed by atoms with Gasteiger partial charge in [-0.05, 0) is 49.7 Å². The predicted molar refractivity (Wildman–Crippen MR) is 83.8 cm³/mol. The van der Waals surface area contributed by atoms with E-state index < -0.39 is 11.5 Å². The Morgan fingerprint density at radius 2 is 1.95 bits per heavy atom. The first-order valence-electron chi connectivity index (χ1n) is 7.09. The largest absolute Gasteiger partial charge is 0.494 e. The van der Waals surface area contributed by atoms with E-state index in [2.05, 4.69) is 11.4 Å². The normalized spacial score (nSPS) is 13.8. The summed E-state index contributed by atoms with van der Waals surface area (Å²) in [6.07, 6.45) is 1.20. The number of carboxylic acid groups (broad SMARTS) is 1. The summed E-state index contributed by atoms with van der Waals surface area (Å²) in [6.45, 7) is 2.19. The number of rotatable bonds is 7. The van der Waals surface area contributed by atoms with Gasteiger partial charge in [-0.3, -0.25) is 4.79 Å². The Balaban J connectivity index is 1.89. The van der Waals surface area contributed by atoms with Crippen LogP contribution in [-0.4, -0.2) is 30.3 Å². The van der Waals surface area contributed by atoms with E-state index in [1.54, 1.807) is 14.0 Å². The van der Waals surface area contributed by atoms with Crippen LogP contribution < -0.4 is 10.1 Å². The quantitative estimate of drug-likeness (QED) is 0.768. The number of hydrogen-bond acceptors (Lipinski definition) is 3. The molecule has 2 N–H and O–H groups in total. The minimum atomic E-state index is -0.896. The van der Waals surface area contributed by atoms with Crippen LogP contribution >= 0.6 is 0 Å². The molecule has 0 aliphatic heterocycles. The van der Waals surface area contributed by atoms with Crippen molar-refractivity contribution in [3.05, 3.63) is 42.5 Å². The van der Waals surface area contributed by atoms with Crippen LogP contribution in [0, 0.1) is 0 Å². The first kappa shape index (κ1) is 15.3. The summed E-state index contributed by atoms with van der Waals surface area (Å²) in [5.74, 6) is -0.0223. The first-order valence-corrected chi connectivity index (χ1v) is 7.09. The SMILES string of the molecule is CNC(C)(CCCOc1ccc2ccccc2c1)C(=O)O. The summed E-state index contributed by atoms with van der Waals surface area (Å²) in [5, 5.41) is 14.3. The molecule has 112 valence electrons. The highest BCUT2D eigenvalue weighted by molar-refractivity contribution is 5.83. The maximum atomic E-state index is 11.2. The van der Waals surface area contributed by atoms with Crippen LogP contribution in [0.1, 0.15) is 19.8 Å². The predicted octanol–water partition coefficient (Wildman–Crippen LogP) is 3.06. The van der Waals surface area contributed by atoms with Crippen LogP contribution in [0.5, 0.6) is 5.75 Å². The third-order valence-corrected chi connectivity index (χ3v) is 3.83. The summed E-state index contributed by atoms with van der Waals surface area (Å²) in [7, 11) is 1.66. The summed E-state index contributed by atoms with van der Waals surface area (Å²) in [6, 6.07) is 14.1. The van der Waals surface area contributed by atoms with E-state index in [9.17, 15) is 4.79 Å². The van der Waals surface area contributed by atoms with Gasteiger partial charge in [0.1, 0.15) is 11.3 Å². The Kier molecular flexibility index (Phi) is 4.81. The Morgan fingerprint density at radius 1 is 1.24 bits per heavy atom. The van der Waals surface area contributed by atoms with Crippen LogP contribution in [0.3, 0.4) is 0 Å². The molecule has 4 nitrogen and oxygen atoms in total. The molecule has 0 spiro atoms. The van der Waals surface area contributed by atoms with Gasteiger partial charge in [0.15, 0.2) is 0 Å². The Bertz CT molecular complexity index is 626. The fourth-order valence-electron chi connectivity index (χ4n) is 2.21. The van der Waals surface area contributed by atoms with Gasteiger partial charge in [-0.2, -0.15) is 0 Å². The van der Waals surface area contributed by atoms with Crippen molar-refractivity contribution < 1.29 is 14.6 Å². The van der Waals surface area contributed by atoms with E-state index in [4.69, 9.17) is 9.84 Å². The van der Waals surface area contributed by atoms with Crippen molar-refractivity contribution in [1.29, 1.82) is 0 Å². The number of carbonyl (C=O) groups is 1. The number of benzene rings is 2. The molecule has 0 radical (unpaired) electrons. The van der Waals surface area contributed by atoms with Gasteiger partial charge in [-0.25, -0.2) is 0 Å². The highest BCUT2D eigenvalue weighted by atomic mass is 16.5. The summed E-state index contributed by atoms with van der Waals surface area (Å²) in [4.78, 5) is 11.2. The van der Waals surface area contributed by atoms with Crippen molar-refractivity contribution in [1.82, 2.24) is 5.32 Å². The van der Waals surface area contributed by atoms with E-state index in [1.807, 2.05) is 36.4 Å². The molecule has 1 unspecified atom stereocenters. The first-order chi connectivity index (χ1) is 10.0.